The first-order chi connectivity index (χ1) is 6.24. The van der Waals surface area contributed by atoms with Crippen LogP contribution in [-0.2, 0) is 0 Å². The van der Waals surface area contributed by atoms with Crippen LogP contribution in [0.25, 0.3) is 0 Å². The van der Waals surface area contributed by atoms with E-state index in [9.17, 15) is 0 Å². The summed E-state index contributed by atoms with van der Waals surface area (Å²) in [5, 5.41) is 0. The molecule has 0 amide bonds. The lowest BCUT2D eigenvalue weighted by Crippen LogP contribution is -1.94. The summed E-state index contributed by atoms with van der Waals surface area (Å²) in [5.74, 6) is 0.387. The van der Waals surface area contributed by atoms with Crippen molar-refractivity contribution in [2.75, 3.05) is 0 Å². The first kappa shape index (κ1) is 12.0. The largest absolute Gasteiger partial charge is 0.405 e. The molecule has 1 atom stereocenters. The predicted molar refractivity (Wildman–Crippen MR) is 60.3 cm³/mol. The van der Waals surface area contributed by atoms with Gasteiger partial charge in [-0.2, -0.15) is 0 Å². The third-order valence-electron chi connectivity index (χ3n) is 2.00. The Kier molecular flexibility index (Phi) is 7.08. The molecule has 0 saturated heterocycles. The fraction of sp³-hybridized carbons (Fsp3) is 0.500. The van der Waals surface area contributed by atoms with Gasteiger partial charge in [0.2, 0.25) is 0 Å². The van der Waals surface area contributed by atoms with Gasteiger partial charge < -0.3 is 5.73 Å². The number of rotatable bonds is 6. The van der Waals surface area contributed by atoms with Gasteiger partial charge in [-0.1, -0.05) is 37.1 Å². The van der Waals surface area contributed by atoms with Crippen LogP contribution in [0.15, 0.2) is 36.6 Å². The molecule has 1 unspecified atom stereocenters. The predicted octanol–water partition coefficient (Wildman–Crippen LogP) is 3.40. The SMILES string of the molecule is C=CC(C=CN)C/C(C)=C/CCC. The van der Waals surface area contributed by atoms with E-state index in [1.807, 2.05) is 12.2 Å². The molecule has 2 N–H and O–H groups in total. The second-order valence-corrected chi connectivity index (χ2v) is 3.33. The molecule has 0 aromatic heterocycles. The van der Waals surface area contributed by atoms with Crippen LogP contribution < -0.4 is 5.73 Å². The van der Waals surface area contributed by atoms with Crippen LogP contribution in [-0.4, -0.2) is 0 Å². The van der Waals surface area contributed by atoms with Gasteiger partial charge in [0.15, 0.2) is 0 Å². The van der Waals surface area contributed by atoms with E-state index in [0.717, 1.165) is 6.42 Å². The van der Waals surface area contributed by atoms with E-state index in [4.69, 9.17) is 5.73 Å². The normalized spacial score (nSPS) is 14.8. The maximum absolute atomic E-state index is 5.33. The Morgan fingerprint density at radius 1 is 1.54 bits per heavy atom. The topological polar surface area (TPSA) is 26.0 Å². The quantitative estimate of drug-likeness (QED) is 0.621. The summed E-state index contributed by atoms with van der Waals surface area (Å²) in [6.07, 6.45) is 11.2. The van der Waals surface area contributed by atoms with Crippen molar-refractivity contribution in [1.82, 2.24) is 0 Å². The highest BCUT2D eigenvalue weighted by molar-refractivity contribution is 5.06. The summed E-state index contributed by atoms with van der Waals surface area (Å²) in [5.41, 5.74) is 6.75. The van der Waals surface area contributed by atoms with Gasteiger partial charge in [-0.25, -0.2) is 0 Å². The summed E-state index contributed by atoms with van der Waals surface area (Å²) in [6, 6.07) is 0. The van der Waals surface area contributed by atoms with Crippen molar-refractivity contribution in [2.45, 2.75) is 33.1 Å². The minimum absolute atomic E-state index is 0.387. The van der Waals surface area contributed by atoms with Gasteiger partial charge in [0.1, 0.15) is 0 Å². The first-order valence-corrected chi connectivity index (χ1v) is 4.91. The Hall–Kier alpha value is -0.980. The van der Waals surface area contributed by atoms with Gasteiger partial charge in [0.25, 0.3) is 0 Å². The molecule has 0 fully saturated rings. The van der Waals surface area contributed by atoms with Crippen molar-refractivity contribution in [3.63, 3.8) is 0 Å². The standard InChI is InChI=1S/C12H21N/c1-4-6-7-11(3)10-12(5-2)8-9-13/h5,7-9,12H,2,4,6,10,13H2,1,3H3/b9-8?,11-7+. The third-order valence-corrected chi connectivity index (χ3v) is 2.00. The number of unbranched alkanes of at least 4 members (excludes halogenated alkanes) is 1. The molecular formula is C12H21N. The van der Waals surface area contributed by atoms with Gasteiger partial charge in [-0.3, -0.25) is 0 Å². The molecule has 0 saturated carbocycles. The minimum atomic E-state index is 0.387. The van der Waals surface area contributed by atoms with E-state index in [2.05, 4.69) is 26.5 Å². The Bertz CT molecular complexity index is 189. The van der Waals surface area contributed by atoms with Crippen LogP contribution in [0.2, 0.25) is 0 Å². The highest BCUT2D eigenvalue weighted by Crippen LogP contribution is 2.14. The lowest BCUT2D eigenvalue weighted by molar-refractivity contribution is 0.785. The molecule has 0 radical (unpaired) electrons. The summed E-state index contributed by atoms with van der Waals surface area (Å²) in [6.45, 7) is 8.13. The Labute approximate surface area is 82.0 Å². The van der Waals surface area contributed by atoms with Gasteiger partial charge in [-0.15, -0.1) is 6.58 Å². The van der Waals surface area contributed by atoms with E-state index in [-0.39, 0.29) is 0 Å². The van der Waals surface area contributed by atoms with Crippen molar-refractivity contribution >= 4 is 0 Å². The molecule has 74 valence electrons. The van der Waals surface area contributed by atoms with Crippen molar-refractivity contribution < 1.29 is 0 Å². The maximum Gasteiger partial charge on any atom is -0.000194 e. The van der Waals surface area contributed by atoms with Crippen molar-refractivity contribution in [2.24, 2.45) is 11.7 Å². The second-order valence-electron chi connectivity index (χ2n) is 3.33. The van der Waals surface area contributed by atoms with Crippen LogP contribution in [0.3, 0.4) is 0 Å². The Morgan fingerprint density at radius 3 is 2.69 bits per heavy atom. The van der Waals surface area contributed by atoms with E-state index in [1.165, 1.54) is 18.4 Å². The molecular weight excluding hydrogens is 158 g/mol. The molecule has 1 heteroatoms. The highest BCUT2D eigenvalue weighted by Gasteiger charge is 1.99. The van der Waals surface area contributed by atoms with Gasteiger partial charge >= 0.3 is 0 Å². The average Bonchev–Trinajstić information content (AvgIpc) is 2.14. The van der Waals surface area contributed by atoms with Crippen LogP contribution >= 0.6 is 0 Å². The highest BCUT2D eigenvalue weighted by atomic mass is 14.5. The molecule has 0 spiro atoms. The second kappa shape index (κ2) is 7.66. The summed E-state index contributed by atoms with van der Waals surface area (Å²) in [4.78, 5) is 0. The van der Waals surface area contributed by atoms with E-state index < -0.39 is 0 Å². The number of nitrogens with two attached hydrogens (primary N) is 1. The molecule has 0 aliphatic carbocycles. The maximum atomic E-state index is 5.33. The Balaban J connectivity index is 3.99. The molecule has 13 heavy (non-hydrogen) atoms. The first-order valence-electron chi connectivity index (χ1n) is 4.91. The number of hydrogen-bond donors (Lipinski definition) is 1. The van der Waals surface area contributed by atoms with Crippen molar-refractivity contribution in [3.05, 3.63) is 36.6 Å². The molecule has 0 aromatic carbocycles. The summed E-state index contributed by atoms with van der Waals surface area (Å²) < 4.78 is 0. The fourth-order valence-corrected chi connectivity index (χ4v) is 1.22. The summed E-state index contributed by atoms with van der Waals surface area (Å²) in [7, 11) is 0. The van der Waals surface area contributed by atoms with Crippen LogP contribution in [0.4, 0.5) is 0 Å². The smallest absolute Gasteiger partial charge is 0.000194 e. The molecule has 0 aliphatic heterocycles. The molecule has 0 bridgehead atoms. The zero-order valence-electron chi connectivity index (χ0n) is 8.79. The monoisotopic (exact) mass is 179 g/mol. The fourth-order valence-electron chi connectivity index (χ4n) is 1.22. The van der Waals surface area contributed by atoms with Crippen LogP contribution in [0, 0.1) is 5.92 Å². The van der Waals surface area contributed by atoms with Crippen molar-refractivity contribution in [3.8, 4) is 0 Å². The third kappa shape index (κ3) is 6.21. The average molecular weight is 179 g/mol. The minimum Gasteiger partial charge on any atom is -0.405 e. The molecule has 0 aliphatic rings. The Morgan fingerprint density at radius 2 is 2.23 bits per heavy atom. The lowest BCUT2D eigenvalue weighted by Gasteiger charge is -2.06. The van der Waals surface area contributed by atoms with Gasteiger partial charge in [0, 0.05) is 0 Å². The molecule has 0 aromatic rings. The van der Waals surface area contributed by atoms with E-state index in [1.54, 1.807) is 6.20 Å². The van der Waals surface area contributed by atoms with Gasteiger partial charge in [0.05, 0.1) is 0 Å². The summed E-state index contributed by atoms with van der Waals surface area (Å²) >= 11 is 0. The molecule has 0 rings (SSSR count). The number of hydrogen-bond acceptors (Lipinski definition) is 1. The zero-order valence-corrected chi connectivity index (χ0v) is 8.79. The molecule has 1 nitrogen and oxygen atoms in total. The van der Waals surface area contributed by atoms with Crippen LogP contribution in [0.1, 0.15) is 33.1 Å². The van der Waals surface area contributed by atoms with Gasteiger partial charge in [-0.05, 0) is 31.9 Å². The van der Waals surface area contributed by atoms with E-state index in [0.29, 0.717) is 5.92 Å². The molecule has 0 heterocycles. The van der Waals surface area contributed by atoms with E-state index >= 15 is 0 Å². The number of allylic oxidation sites excluding steroid dienone is 4. The van der Waals surface area contributed by atoms with Crippen molar-refractivity contribution in [1.29, 1.82) is 0 Å². The lowest BCUT2D eigenvalue weighted by atomic mass is 9.99. The van der Waals surface area contributed by atoms with Crippen LogP contribution in [0.5, 0.6) is 0 Å². The zero-order chi connectivity index (χ0) is 10.1.